The van der Waals surface area contributed by atoms with Crippen molar-refractivity contribution in [3.8, 4) is 0 Å². The molecule has 2 aromatic rings. The maximum atomic E-state index is 13.4. The number of hydrogen-bond acceptors (Lipinski definition) is 5. The zero-order chi connectivity index (χ0) is 15.6. The van der Waals surface area contributed by atoms with Crippen LogP contribution in [0.4, 0.5) is 15.1 Å². The normalized spacial score (nSPS) is 10.1. The zero-order valence-electron chi connectivity index (χ0n) is 10.2. The Balaban J connectivity index is 2.25. The van der Waals surface area contributed by atoms with E-state index in [1.807, 2.05) is 0 Å². The fourth-order valence-electron chi connectivity index (χ4n) is 1.55. The number of carbonyl (C=O) groups is 2. The van der Waals surface area contributed by atoms with Gasteiger partial charge >= 0.3 is 11.7 Å². The van der Waals surface area contributed by atoms with Crippen molar-refractivity contribution in [2.75, 3.05) is 5.32 Å². The Bertz CT molecular complexity index is 743. The molecule has 108 valence electrons. The van der Waals surface area contributed by atoms with E-state index in [4.69, 9.17) is 5.11 Å². The van der Waals surface area contributed by atoms with Crippen molar-refractivity contribution < 1.29 is 24.0 Å². The van der Waals surface area contributed by atoms with Crippen LogP contribution in [0.3, 0.4) is 0 Å². The SMILES string of the molecule is O=C(Nc1sccc1C(=O)O)c1ccc([N+](=O)[O-])c(F)c1. The number of hydrogen-bond donors (Lipinski definition) is 2. The largest absolute Gasteiger partial charge is 0.478 e. The molecule has 1 aromatic heterocycles. The molecule has 1 aromatic carbocycles. The van der Waals surface area contributed by atoms with Gasteiger partial charge < -0.3 is 10.4 Å². The van der Waals surface area contributed by atoms with E-state index >= 15 is 0 Å². The molecule has 0 fully saturated rings. The van der Waals surface area contributed by atoms with Gasteiger partial charge in [-0.2, -0.15) is 4.39 Å². The number of nitrogens with one attached hydrogen (secondary N) is 1. The van der Waals surface area contributed by atoms with Crippen molar-refractivity contribution in [2.24, 2.45) is 0 Å². The van der Waals surface area contributed by atoms with Gasteiger partial charge in [0.05, 0.1) is 10.5 Å². The van der Waals surface area contributed by atoms with Crippen LogP contribution in [0.5, 0.6) is 0 Å². The summed E-state index contributed by atoms with van der Waals surface area (Å²) in [6.07, 6.45) is 0. The molecule has 0 spiro atoms. The number of nitro benzene ring substituents is 1. The number of carboxylic acid groups (broad SMARTS) is 1. The quantitative estimate of drug-likeness (QED) is 0.666. The first-order valence-corrected chi connectivity index (χ1v) is 6.34. The number of carbonyl (C=O) groups excluding carboxylic acids is 1. The van der Waals surface area contributed by atoms with Gasteiger partial charge in [-0.3, -0.25) is 14.9 Å². The van der Waals surface area contributed by atoms with Crippen LogP contribution in [-0.2, 0) is 0 Å². The standard InChI is InChI=1S/C12H7FN2O5S/c13-8-5-6(1-2-9(8)15(19)20)10(16)14-11-7(12(17)18)3-4-21-11/h1-5H,(H,14,16)(H,17,18). The van der Waals surface area contributed by atoms with Gasteiger partial charge in [0, 0.05) is 11.6 Å². The highest BCUT2D eigenvalue weighted by molar-refractivity contribution is 7.14. The van der Waals surface area contributed by atoms with Crippen LogP contribution in [0.2, 0.25) is 0 Å². The summed E-state index contributed by atoms with van der Waals surface area (Å²) >= 11 is 0.998. The number of amides is 1. The third-order valence-electron chi connectivity index (χ3n) is 2.53. The van der Waals surface area contributed by atoms with Crippen LogP contribution in [0.25, 0.3) is 0 Å². The second-order valence-electron chi connectivity index (χ2n) is 3.85. The number of nitrogens with zero attached hydrogens (tertiary/aromatic N) is 1. The fraction of sp³-hybridized carbons (Fsp3) is 0. The summed E-state index contributed by atoms with van der Waals surface area (Å²) in [5, 5.41) is 23.3. The Labute approximate surface area is 120 Å². The maximum absolute atomic E-state index is 13.4. The number of halogens is 1. The van der Waals surface area contributed by atoms with Crippen molar-refractivity contribution in [3.63, 3.8) is 0 Å². The predicted molar refractivity (Wildman–Crippen MR) is 72.3 cm³/mol. The molecule has 0 saturated heterocycles. The third-order valence-corrected chi connectivity index (χ3v) is 3.36. The molecule has 21 heavy (non-hydrogen) atoms. The molecule has 9 heteroatoms. The lowest BCUT2D eigenvalue weighted by Gasteiger charge is -2.04. The first-order valence-electron chi connectivity index (χ1n) is 5.46. The van der Waals surface area contributed by atoms with Gasteiger partial charge in [-0.05, 0) is 23.6 Å². The van der Waals surface area contributed by atoms with E-state index in [9.17, 15) is 24.1 Å². The fourth-order valence-corrected chi connectivity index (χ4v) is 2.32. The number of rotatable bonds is 4. The van der Waals surface area contributed by atoms with Crippen LogP contribution in [0, 0.1) is 15.9 Å². The average molecular weight is 310 g/mol. The molecule has 0 unspecified atom stereocenters. The van der Waals surface area contributed by atoms with Crippen LogP contribution >= 0.6 is 11.3 Å². The Morgan fingerprint density at radius 3 is 2.62 bits per heavy atom. The molecular formula is C12H7FN2O5S. The first kappa shape index (κ1) is 14.6. The average Bonchev–Trinajstić information content (AvgIpc) is 2.86. The van der Waals surface area contributed by atoms with Crippen molar-refractivity contribution in [1.29, 1.82) is 0 Å². The second-order valence-corrected chi connectivity index (χ2v) is 4.76. The van der Waals surface area contributed by atoms with Crippen LogP contribution < -0.4 is 5.32 Å². The minimum absolute atomic E-state index is 0.0873. The molecule has 7 nitrogen and oxygen atoms in total. The molecule has 0 bridgehead atoms. The highest BCUT2D eigenvalue weighted by Crippen LogP contribution is 2.24. The Kier molecular flexibility index (Phi) is 3.94. The topological polar surface area (TPSA) is 110 Å². The van der Waals surface area contributed by atoms with Crippen molar-refractivity contribution in [3.05, 3.63) is 56.7 Å². The summed E-state index contributed by atoms with van der Waals surface area (Å²) in [4.78, 5) is 32.4. The van der Waals surface area contributed by atoms with Gasteiger partial charge in [0.2, 0.25) is 5.82 Å². The van der Waals surface area contributed by atoms with E-state index in [-0.39, 0.29) is 16.1 Å². The molecule has 0 atom stereocenters. The van der Waals surface area contributed by atoms with E-state index in [1.165, 1.54) is 11.4 Å². The third kappa shape index (κ3) is 3.03. The molecule has 0 aliphatic rings. The lowest BCUT2D eigenvalue weighted by atomic mass is 10.2. The van der Waals surface area contributed by atoms with Gasteiger partial charge in [0.15, 0.2) is 0 Å². The van der Waals surface area contributed by atoms with Crippen molar-refractivity contribution >= 4 is 33.9 Å². The first-order chi connectivity index (χ1) is 9.90. The summed E-state index contributed by atoms with van der Waals surface area (Å²) in [6.45, 7) is 0. The van der Waals surface area contributed by atoms with Gasteiger partial charge in [0.1, 0.15) is 5.00 Å². The summed E-state index contributed by atoms with van der Waals surface area (Å²) in [6, 6.07) is 4.00. The predicted octanol–water partition coefficient (Wildman–Crippen LogP) is 2.75. The molecule has 0 aliphatic carbocycles. The van der Waals surface area contributed by atoms with Crippen LogP contribution in [0.15, 0.2) is 29.6 Å². The van der Waals surface area contributed by atoms with Gasteiger partial charge in [-0.1, -0.05) is 0 Å². The van der Waals surface area contributed by atoms with Gasteiger partial charge in [0.25, 0.3) is 5.91 Å². The Hall–Kier alpha value is -2.81. The lowest BCUT2D eigenvalue weighted by Crippen LogP contribution is -2.13. The Morgan fingerprint density at radius 1 is 1.33 bits per heavy atom. The molecule has 2 N–H and O–H groups in total. The molecule has 2 rings (SSSR count). The highest BCUT2D eigenvalue weighted by atomic mass is 32.1. The summed E-state index contributed by atoms with van der Waals surface area (Å²) in [5.74, 6) is -3.10. The monoisotopic (exact) mass is 310 g/mol. The minimum atomic E-state index is -1.21. The van der Waals surface area contributed by atoms with Crippen molar-refractivity contribution in [2.45, 2.75) is 0 Å². The highest BCUT2D eigenvalue weighted by Gasteiger charge is 2.19. The molecule has 1 amide bonds. The van der Waals surface area contributed by atoms with Gasteiger partial charge in [-0.25, -0.2) is 4.79 Å². The zero-order valence-corrected chi connectivity index (χ0v) is 11.0. The van der Waals surface area contributed by atoms with Crippen LogP contribution in [0.1, 0.15) is 20.7 Å². The molecule has 1 heterocycles. The molecular weight excluding hydrogens is 303 g/mol. The molecule has 0 aliphatic heterocycles. The van der Waals surface area contributed by atoms with E-state index in [0.717, 1.165) is 29.5 Å². The molecule has 0 radical (unpaired) electrons. The van der Waals surface area contributed by atoms with E-state index in [1.54, 1.807) is 0 Å². The number of thiophene rings is 1. The summed E-state index contributed by atoms with van der Waals surface area (Å²) < 4.78 is 13.4. The van der Waals surface area contributed by atoms with Crippen LogP contribution in [-0.4, -0.2) is 21.9 Å². The maximum Gasteiger partial charge on any atom is 0.338 e. The van der Waals surface area contributed by atoms with E-state index < -0.39 is 28.3 Å². The van der Waals surface area contributed by atoms with E-state index in [2.05, 4.69) is 5.32 Å². The smallest absolute Gasteiger partial charge is 0.338 e. The number of benzene rings is 1. The summed E-state index contributed by atoms with van der Waals surface area (Å²) in [5.41, 5.74) is -0.979. The number of anilines is 1. The Morgan fingerprint density at radius 2 is 2.05 bits per heavy atom. The second kappa shape index (κ2) is 5.67. The van der Waals surface area contributed by atoms with E-state index in [0.29, 0.717) is 0 Å². The summed E-state index contributed by atoms with van der Waals surface area (Å²) in [7, 11) is 0. The number of aromatic carboxylic acids is 1. The lowest BCUT2D eigenvalue weighted by molar-refractivity contribution is -0.387. The van der Waals surface area contributed by atoms with Crippen molar-refractivity contribution in [1.82, 2.24) is 0 Å². The molecule has 0 saturated carbocycles. The minimum Gasteiger partial charge on any atom is -0.478 e. The number of nitro groups is 1. The number of carboxylic acids is 1. The van der Waals surface area contributed by atoms with Gasteiger partial charge in [-0.15, -0.1) is 11.3 Å².